The molecule has 0 aliphatic heterocycles. The lowest BCUT2D eigenvalue weighted by Crippen LogP contribution is -2.20. The van der Waals surface area contributed by atoms with Gasteiger partial charge in [-0.3, -0.25) is 4.98 Å². The number of hydrogen-bond acceptors (Lipinski definition) is 3. The minimum absolute atomic E-state index is 0.206. The lowest BCUT2D eigenvalue weighted by Gasteiger charge is -2.19. The van der Waals surface area contributed by atoms with Crippen molar-refractivity contribution < 1.29 is 4.74 Å². The minimum Gasteiger partial charge on any atom is -0.494 e. The molecule has 1 aromatic carbocycles. The van der Waals surface area contributed by atoms with Crippen LogP contribution in [0.4, 0.5) is 0 Å². The smallest absolute Gasteiger partial charge is 0.124 e. The molecule has 1 heterocycles. The van der Waals surface area contributed by atoms with Crippen LogP contribution < -0.4 is 10.1 Å². The first-order valence-corrected chi connectivity index (χ1v) is 6.64. The van der Waals surface area contributed by atoms with Crippen LogP contribution in [0.15, 0.2) is 48.7 Å². The first-order valence-electron chi connectivity index (χ1n) is 6.64. The van der Waals surface area contributed by atoms with Crippen LogP contribution in [0, 0.1) is 0 Å². The summed E-state index contributed by atoms with van der Waals surface area (Å²) in [6, 6.07) is 14.4. The number of para-hydroxylation sites is 1. The maximum Gasteiger partial charge on any atom is 0.124 e. The summed E-state index contributed by atoms with van der Waals surface area (Å²) in [6.07, 6.45) is 2.68. The molecule has 0 radical (unpaired) electrons. The summed E-state index contributed by atoms with van der Waals surface area (Å²) in [5.41, 5.74) is 2.26. The summed E-state index contributed by atoms with van der Waals surface area (Å²) < 4.78 is 5.70. The molecule has 1 atom stereocenters. The van der Waals surface area contributed by atoms with Gasteiger partial charge in [0.1, 0.15) is 5.75 Å². The molecule has 0 bridgehead atoms. The van der Waals surface area contributed by atoms with Gasteiger partial charge in [0, 0.05) is 29.9 Å². The number of nitrogens with one attached hydrogen (secondary N) is 1. The Hall–Kier alpha value is -1.87. The lowest BCUT2D eigenvalue weighted by atomic mass is 10.0. The predicted octanol–water partition coefficient (Wildman–Crippen LogP) is 2.98. The van der Waals surface area contributed by atoms with E-state index in [0.717, 1.165) is 17.9 Å². The number of benzene rings is 1. The fourth-order valence-electron chi connectivity index (χ4n) is 2.15. The summed E-state index contributed by atoms with van der Waals surface area (Å²) in [4.78, 5) is 4.39. The fourth-order valence-corrected chi connectivity index (χ4v) is 2.15. The lowest BCUT2D eigenvalue weighted by molar-refractivity contribution is 0.332. The summed E-state index contributed by atoms with van der Waals surface area (Å²) in [7, 11) is 1.97. The zero-order valence-corrected chi connectivity index (χ0v) is 11.5. The first-order chi connectivity index (χ1) is 9.35. The average molecular weight is 256 g/mol. The van der Waals surface area contributed by atoms with Gasteiger partial charge in [-0.1, -0.05) is 24.3 Å². The van der Waals surface area contributed by atoms with Crippen LogP contribution >= 0.6 is 0 Å². The Morgan fingerprint density at radius 1 is 1.16 bits per heavy atom. The number of ether oxygens (including phenoxy) is 1. The predicted molar refractivity (Wildman–Crippen MR) is 77.4 cm³/mol. The topological polar surface area (TPSA) is 34.1 Å². The second-order valence-electron chi connectivity index (χ2n) is 4.34. The number of hydrogen-bond donors (Lipinski definition) is 1. The van der Waals surface area contributed by atoms with Gasteiger partial charge in [-0.2, -0.15) is 0 Å². The Morgan fingerprint density at radius 3 is 2.63 bits per heavy atom. The molecule has 0 fully saturated rings. The van der Waals surface area contributed by atoms with Gasteiger partial charge < -0.3 is 10.1 Å². The highest BCUT2D eigenvalue weighted by molar-refractivity contribution is 5.36. The molecule has 2 aromatic rings. The average Bonchev–Trinajstić information content (AvgIpc) is 2.47. The molecule has 0 spiro atoms. The Labute approximate surface area is 114 Å². The van der Waals surface area contributed by atoms with E-state index in [1.165, 1.54) is 5.56 Å². The molecular formula is C16H20N2O. The molecule has 0 saturated carbocycles. The van der Waals surface area contributed by atoms with Gasteiger partial charge in [0.25, 0.3) is 0 Å². The number of rotatable bonds is 6. The Balaban J connectivity index is 2.22. The summed E-state index contributed by atoms with van der Waals surface area (Å²) in [6.45, 7) is 2.68. The van der Waals surface area contributed by atoms with Gasteiger partial charge in [0.2, 0.25) is 0 Å². The third kappa shape index (κ3) is 3.55. The molecule has 0 aliphatic rings. The Bertz CT molecular complexity index is 499. The summed E-state index contributed by atoms with van der Waals surface area (Å²) >= 11 is 0. The first kappa shape index (κ1) is 13.6. The second kappa shape index (κ2) is 6.90. The zero-order valence-electron chi connectivity index (χ0n) is 11.5. The van der Waals surface area contributed by atoms with Crippen LogP contribution in [0.25, 0.3) is 0 Å². The van der Waals surface area contributed by atoms with Crippen molar-refractivity contribution in [2.24, 2.45) is 0 Å². The Morgan fingerprint density at radius 2 is 1.95 bits per heavy atom. The minimum atomic E-state index is 0.206. The van der Waals surface area contributed by atoms with E-state index in [2.05, 4.69) is 16.4 Å². The monoisotopic (exact) mass is 256 g/mol. The SMILES string of the molecule is CCOc1ccccc1C(Cc1ccccn1)NC. The molecule has 1 N–H and O–H groups in total. The molecule has 0 saturated heterocycles. The maximum absolute atomic E-state index is 5.70. The molecule has 0 amide bonds. The molecule has 19 heavy (non-hydrogen) atoms. The molecule has 1 aromatic heterocycles. The quantitative estimate of drug-likeness (QED) is 0.862. The molecule has 100 valence electrons. The summed E-state index contributed by atoms with van der Waals surface area (Å²) in [5.74, 6) is 0.945. The highest BCUT2D eigenvalue weighted by Crippen LogP contribution is 2.27. The second-order valence-corrected chi connectivity index (χ2v) is 4.34. The van der Waals surface area contributed by atoms with Gasteiger partial charge >= 0.3 is 0 Å². The number of nitrogens with zero attached hydrogens (tertiary/aromatic N) is 1. The highest BCUT2D eigenvalue weighted by Gasteiger charge is 2.15. The van der Waals surface area contributed by atoms with Crippen LogP contribution in [0.3, 0.4) is 0 Å². The van der Waals surface area contributed by atoms with Gasteiger partial charge in [-0.25, -0.2) is 0 Å². The normalized spacial score (nSPS) is 12.1. The maximum atomic E-state index is 5.70. The fraction of sp³-hybridized carbons (Fsp3) is 0.312. The molecule has 3 nitrogen and oxygen atoms in total. The number of likely N-dealkylation sites (N-methyl/N-ethyl adjacent to an activating group) is 1. The van der Waals surface area contributed by atoms with Crippen molar-refractivity contribution in [2.45, 2.75) is 19.4 Å². The summed E-state index contributed by atoms with van der Waals surface area (Å²) in [5, 5.41) is 3.35. The van der Waals surface area contributed by atoms with E-state index in [1.807, 2.05) is 56.6 Å². The van der Waals surface area contributed by atoms with Crippen molar-refractivity contribution in [2.75, 3.05) is 13.7 Å². The van der Waals surface area contributed by atoms with E-state index >= 15 is 0 Å². The van der Waals surface area contributed by atoms with Crippen LogP contribution in [0.1, 0.15) is 24.2 Å². The van der Waals surface area contributed by atoms with Crippen LogP contribution in [0.5, 0.6) is 5.75 Å². The van der Waals surface area contributed by atoms with Crippen LogP contribution in [-0.2, 0) is 6.42 Å². The Kier molecular flexibility index (Phi) is 4.93. The van der Waals surface area contributed by atoms with Crippen molar-refractivity contribution in [3.05, 3.63) is 59.9 Å². The van der Waals surface area contributed by atoms with Crippen molar-refractivity contribution in [1.29, 1.82) is 0 Å². The van der Waals surface area contributed by atoms with Crippen LogP contribution in [0.2, 0.25) is 0 Å². The zero-order chi connectivity index (χ0) is 13.5. The third-order valence-corrected chi connectivity index (χ3v) is 3.08. The molecular weight excluding hydrogens is 236 g/mol. The van der Waals surface area contributed by atoms with E-state index in [-0.39, 0.29) is 6.04 Å². The van der Waals surface area contributed by atoms with E-state index in [9.17, 15) is 0 Å². The standard InChI is InChI=1S/C16H20N2O/c1-3-19-16-10-5-4-9-14(16)15(17-2)12-13-8-6-7-11-18-13/h4-11,15,17H,3,12H2,1-2H3. The molecule has 1 unspecified atom stereocenters. The van der Waals surface area contributed by atoms with E-state index < -0.39 is 0 Å². The third-order valence-electron chi connectivity index (χ3n) is 3.08. The van der Waals surface area contributed by atoms with Gasteiger partial charge in [0.15, 0.2) is 0 Å². The van der Waals surface area contributed by atoms with Crippen molar-refractivity contribution in [3.63, 3.8) is 0 Å². The van der Waals surface area contributed by atoms with E-state index in [1.54, 1.807) is 0 Å². The number of aromatic nitrogens is 1. The van der Waals surface area contributed by atoms with Crippen molar-refractivity contribution >= 4 is 0 Å². The molecule has 3 heteroatoms. The van der Waals surface area contributed by atoms with Crippen molar-refractivity contribution in [1.82, 2.24) is 10.3 Å². The van der Waals surface area contributed by atoms with E-state index in [4.69, 9.17) is 4.74 Å². The van der Waals surface area contributed by atoms with Gasteiger partial charge in [0.05, 0.1) is 6.61 Å². The van der Waals surface area contributed by atoms with Gasteiger partial charge in [-0.05, 0) is 32.2 Å². The molecule has 2 rings (SSSR count). The van der Waals surface area contributed by atoms with Crippen molar-refractivity contribution in [3.8, 4) is 5.75 Å². The van der Waals surface area contributed by atoms with Crippen LogP contribution in [-0.4, -0.2) is 18.6 Å². The van der Waals surface area contributed by atoms with E-state index in [0.29, 0.717) is 6.61 Å². The number of pyridine rings is 1. The largest absolute Gasteiger partial charge is 0.494 e. The molecule has 0 aliphatic carbocycles. The van der Waals surface area contributed by atoms with Gasteiger partial charge in [-0.15, -0.1) is 0 Å². The highest BCUT2D eigenvalue weighted by atomic mass is 16.5.